The zero-order chi connectivity index (χ0) is 20.8. The Morgan fingerprint density at radius 2 is 1.80 bits per heavy atom. The van der Waals surface area contributed by atoms with Gasteiger partial charge < -0.3 is 14.6 Å². The quantitative estimate of drug-likeness (QED) is 0.493. The van der Waals surface area contributed by atoms with Crippen molar-refractivity contribution in [2.45, 2.75) is 20.1 Å². The Bertz CT molecular complexity index is 1120. The van der Waals surface area contributed by atoms with Crippen LogP contribution in [0.25, 0.3) is 11.4 Å². The molecule has 0 spiro atoms. The van der Waals surface area contributed by atoms with Crippen LogP contribution in [0.4, 0.5) is 0 Å². The zero-order valence-electron chi connectivity index (χ0n) is 16.5. The first-order valence-corrected chi connectivity index (χ1v) is 9.62. The van der Waals surface area contributed by atoms with E-state index in [4.69, 9.17) is 9.26 Å². The molecule has 30 heavy (non-hydrogen) atoms. The van der Waals surface area contributed by atoms with Crippen molar-refractivity contribution in [1.82, 2.24) is 15.5 Å². The van der Waals surface area contributed by atoms with E-state index in [1.165, 1.54) is 0 Å². The molecule has 6 nitrogen and oxygen atoms in total. The normalized spacial score (nSPS) is 10.6. The van der Waals surface area contributed by atoms with Crippen molar-refractivity contribution in [2.75, 3.05) is 0 Å². The summed E-state index contributed by atoms with van der Waals surface area (Å²) in [5.41, 5.74) is 3.59. The predicted octanol–water partition coefficient (Wildman–Crippen LogP) is 4.55. The Labute approximate surface area is 174 Å². The molecule has 1 amide bonds. The van der Waals surface area contributed by atoms with Gasteiger partial charge in [0.2, 0.25) is 11.7 Å². The molecular formula is C24H21N3O3. The molecule has 0 fully saturated rings. The van der Waals surface area contributed by atoms with Gasteiger partial charge in [-0.15, -0.1) is 0 Å². The van der Waals surface area contributed by atoms with Crippen molar-refractivity contribution in [1.29, 1.82) is 0 Å². The molecule has 0 unspecified atom stereocenters. The van der Waals surface area contributed by atoms with Crippen molar-refractivity contribution >= 4 is 5.91 Å². The van der Waals surface area contributed by atoms with E-state index in [-0.39, 0.29) is 12.5 Å². The van der Waals surface area contributed by atoms with Crippen molar-refractivity contribution in [3.05, 3.63) is 101 Å². The molecule has 1 aromatic heterocycles. The van der Waals surface area contributed by atoms with Crippen molar-refractivity contribution in [3.63, 3.8) is 0 Å². The zero-order valence-corrected chi connectivity index (χ0v) is 16.5. The maximum absolute atomic E-state index is 12.5. The molecular weight excluding hydrogens is 378 g/mol. The molecule has 0 bridgehead atoms. The summed E-state index contributed by atoms with van der Waals surface area (Å²) < 4.78 is 11.0. The summed E-state index contributed by atoms with van der Waals surface area (Å²) in [6.45, 7) is 2.60. The van der Waals surface area contributed by atoms with Crippen molar-refractivity contribution < 1.29 is 14.1 Å². The Kier molecular flexibility index (Phi) is 5.85. The third kappa shape index (κ3) is 4.91. The van der Waals surface area contributed by atoms with Crippen LogP contribution in [0.3, 0.4) is 0 Å². The van der Waals surface area contributed by atoms with Crippen LogP contribution in [0, 0.1) is 6.92 Å². The number of aryl methyl sites for hydroxylation is 1. The number of carbonyl (C=O) groups excluding carboxylic acids is 1. The lowest BCUT2D eigenvalue weighted by atomic mass is 10.1. The average Bonchev–Trinajstić information content (AvgIpc) is 3.26. The third-order valence-corrected chi connectivity index (χ3v) is 4.52. The van der Waals surface area contributed by atoms with Crippen molar-refractivity contribution in [3.8, 4) is 17.1 Å². The number of ether oxygens (including phenoxy) is 1. The van der Waals surface area contributed by atoms with E-state index in [1.54, 1.807) is 18.2 Å². The van der Waals surface area contributed by atoms with Crippen LogP contribution in [-0.2, 0) is 13.2 Å². The Morgan fingerprint density at radius 3 is 2.60 bits per heavy atom. The van der Waals surface area contributed by atoms with Gasteiger partial charge in [0, 0.05) is 11.1 Å². The fraction of sp³-hybridized carbons (Fsp3) is 0.125. The van der Waals surface area contributed by atoms with Crippen molar-refractivity contribution in [2.24, 2.45) is 0 Å². The molecule has 6 heteroatoms. The highest BCUT2D eigenvalue weighted by atomic mass is 16.5. The Hall–Kier alpha value is -3.93. The molecule has 0 saturated heterocycles. The molecule has 4 aromatic rings. The molecule has 0 aliphatic carbocycles. The minimum atomic E-state index is -0.241. The number of benzene rings is 3. The minimum Gasteiger partial charge on any atom is -0.489 e. The number of aromatic nitrogens is 2. The molecule has 3 aromatic carbocycles. The van der Waals surface area contributed by atoms with Crippen LogP contribution in [0.2, 0.25) is 0 Å². The van der Waals surface area contributed by atoms with E-state index in [0.29, 0.717) is 29.6 Å². The second-order valence-corrected chi connectivity index (χ2v) is 6.86. The Morgan fingerprint density at radius 1 is 1.00 bits per heavy atom. The van der Waals surface area contributed by atoms with Gasteiger partial charge in [-0.3, -0.25) is 4.79 Å². The summed E-state index contributed by atoms with van der Waals surface area (Å²) in [4.78, 5) is 16.8. The Balaban J connectivity index is 1.34. The highest BCUT2D eigenvalue weighted by molar-refractivity contribution is 5.94. The van der Waals surface area contributed by atoms with Crippen LogP contribution in [0.15, 0.2) is 83.4 Å². The number of hydrogen-bond donors (Lipinski definition) is 1. The van der Waals surface area contributed by atoms with E-state index in [1.807, 2.05) is 67.6 Å². The monoisotopic (exact) mass is 399 g/mol. The summed E-state index contributed by atoms with van der Waals surface area (Å²) in [5, 5.41) is 6.78. The van der Waals surface area contributed by atoms with E-state index >= 15 is 0 Å². The summed E-state index contributed by atoms with van der Waals surface area (Å²) in [7, 11) is 0. The van der Waals surface area contributed by atoms with Gasteiger partial charge in [0.15, 0.2) is 0 Å². The molecule has 0 aliphatic rings. The molecule has 0 radical (unpaired) electrons. The highest BCUT2D eigenvalue weighted by Gasteiger charge is 2.11. The molecule has 1 N–H and O–H groups in total. The number of nitrogens with one attached hydrogen (secondary N) is 1. The lowest BCUT2D eigenvalue weighted by Crippen LogP contribution is -2.22. The maximum atomic E-state index is 12.5. The van der Waals surface area contributed by atoms with Gasteiger partial charge in [0.05, 0.1) is 6.54 Å². The van der Waals surface area contributed by atoms with Crippen LogP contribution < -0.4 is 10.1 Å². The van der Waals surface area contributed by atoms with E-state index < -0.39 is 0 Å². The maximum Gasteiger partial charge on any atom is 0.251 e. The second-order valence-electron chi connectivity index (χ2n) is 6.86. The van der Waals surface area contributed by atoms with Gasteiger partial charge in [0.1, 0.15) is 12.4 Å². The SMILES string of the molecule is Cc1ccc(-c2noc(CNC(=O)c3cccc(OCc4ccccc4)c3)n2)cc1. The number of rotatable bonds is 7. The van der Waals surface area contributed by atoms with Gasteiger partial charge in [0.25, 0.3) is 5.91 Å². The average molecular weight is 399 g/mol. The van der Waals surface area contributed by atoms with Gasteiger partial charge in [-0.1, -0.05) is 71.4 Å². The van der Waals surface area contributed by atoms with Crippen LogP contribution in [-0.4, -0.2) is 16.0 Å². The van der Waals surface area contributed by atoms with Gasteiger partial charge in [-0.25, -0.2) is 0 Å². The second kappa shape index (κ2) is 9.05. The number of nitrogens with zero attached hydrogens (tertiary/aromatic N) is 2. The summed E-state index contributed by atoms with van der Waals surface area (Å²) in [6, 6.07) is 24.8. The third-order valence-electron chi connectivity index (χ3n) is 4.52. The standard InChI is InChI=1S/C24H21N3O3/c1-17-10-12-19(13-11-17)23-26-22(30-27-23)15-25-24(28)20-8-5-9-21(14-20)29-16-18-6-3-2-4-7-18/h2-14H,15-16H2,1H3,(H,25,28). The van der Waals surface area contributed by atoms with Gasteiger partial charge >= 0.3 is 0 Å². The molecule has 1 heterocycles. The molecule has 150 valence electrons. The minimum absolute atomic E-state index is 0.146. The van der Waals surface area contributed by atoms with E-state index in [2.05, 4.69) is 15.5 Å². The summed E-state index contributed by atoms with van der Waals surface area (Å²) >= 11 is 0. The van der Waals surface area contributed by atoms with Crippen LogP contribution in [0.1, 0.15) is 27.4 Å². The highest BCUT2D eigenvalue weighted by Crippen LogP contribution is 2.17. The molecule has 0 saturated carbocycles. The van der Waals surface area contributed by atoms with E-state index in [0.717, 1.165) is 16.7 Å². The van der Waals surface area contributed by atoms with Crippen LogP contribution >= 0.6 is 0 Å². The van der Waals surface area contributed by atoms with E-state index in [9.17, 15) is 4.79 Å². The number of amides is 1. The fourth-order valence-electron chi connectivity index (χ4n) is 2.87. The number of hydrogen-bond acceptors (Lipinski definition) is 5. The first kappa shape index (κ1) is 19.4. The number of carbonyl (C=O) groups is 1. The van der Waals surface area contributed by atoms with Gasteiger partial charge in [-0.2, -0.15) is 4.98 Å². The van der Waals surface area contributed by atoms with Gasteiger partial charge in [-0.05, 0) is 30.7 Å². The fourth-order valence-corrected chi connectivity index (χ4v) is 2.87. The molecule has 0 aliphatic heterocycles. The largest absolute Gasteiger partial charge is 0.489 e. The molecule has 4 rings (SSSR count). The lowest BCUT2D eigenvalue weighted by Gasteiger charge is -2.08. The lowest BCUT2D eigenvalue weighted by molar-refractivity contribution is 0.0945. The predicted molar refractivity (Wildman–Crippen MR) is 113 cm³/mol. The first-order chi connectivity index (χ1) is 14.7. The van der Waals surface area contributed by atoms with Crippen LogP contribution in [0.5, 0.6) is 5.75 Å². The first-order valence-electron chi connectivity index (χ1n) is 9.62. The summed E-state index contributed by atoms with van der Waals surface area (Å²) in [6.07, 6.45) is 0. The smallest absolute Gasteiger partial charge is 0.251 e. The molecule has 0 atom stereocenters. The summed E-state index contributed by atoms with van der Waals surface area (Å²) in [5.74, 6) is 1.23. The topological polar surface area (TPSA) is 77.2 Å².